The smallest absolute Gasteiger partial charge is 0.196 e. The van der Waals surface area contributed by atoms with Gasteiger partial charge in [0, 0.05) is 5.56 Å². The second-order valence-corrected chi connectivity index (χ2v) is 4.79. The third-order valence-corrected chi connectivity index (χ3v) is 3.27. The lowest BCUT2D eigenvalue weighted by Crippen LogP contribution is -2.05. The minimum Gasteiger partial charge on any atom is -0.496 e. The van der Waals surface area contributed by atoms with E-state index in [0.717, 1.165) is 22.6 Å². The van der Waals surface area contributed by atoms with E-state index in [9.17, 15) is 4.79 Å². The topological polar surface area (TPSA) is 39.4 Å². The van der Waals surface area contributed by atoms with E-state index in [2.05, 4.69) is 0 Å². The van der Waals surface area contributed by atoms with Crippen LogP contribution in [0.1, 0.15) is 38.6 Å². The van der Waals surface area contributed by atoms with Crippen LogP contribution in [0.2, 0.25) is 0 Å². The molecule has 0 N–H and O–H groups in total. The van der Waals surface area contributed by atoms with Crippen molar-refractivity contribution < 1.29 is 13.9 Å². The van der Waals surface area contributed by atoms with Gasteiger partial charge in [0.05, 0.1) is 12.7 Å². The number of ether oxygens (including phenoxy) is 1. The summed E-state index contributed by atoms with van der Waals surface area (Å²) in [5, 5.41) is 0. The fraction of sp³-hybridized carbons (Fsp3) is 0.312. The SMILES string of the molecule is COc1cc(C)c(C(=O)c2cc(C)oc2C)cc1C. The highest BCUT2D eigenvalue weighted by Gasteiger charge is 2.18. The summed E-state index contributed by atoms with van der Waals surface area (Å²) in [7, 11) is 1.63. The fourth-order valence-electron chi connectivity index (χ4n) is 2.26. The minimum atomic E-state index is -0.00222. The van der Waals surface area contributed by atoms with Crippen LogP contribution < -0.4 is 4.74 Å². The standard InChI is InChI=1S/C16H18O3/c1-9-7-15(18-5)10(2)6-13(9)16(17)14-8-11(3)19-12(14)4/h6-8H,1-5H3. The molecule has 0 bridgehead atoms. The third-order valence-electron chi connectivity index (χ3n) is 3.27. The molecule has 1 aromatic carbocycles. The van der Waals surface area contributed by atoms with Gasteiger partial charge in [-0.3, -0.25) is 4.79 Å². The maximum Gasteiger partial charge on any atom is 0.196 e. The van der Waals surface area contributed by atoms with E-state index in [-0.39, 0.29) is 5.78 Å². The van der Waals surface area contributed by atoms with Crippen molar-refractivity contribution in [3.8, 4) is 5.75 Å². The second kappa shape index (κ2) is 4.92. The number of hydrogen-bond donors (Lipinski definition) is 0. The summed E-state index contributed by atoms with van der Waals surface area (Å²) >= 11 is 0. The van der Waals surface area contributed by atoms with E-state index < -0.39 is 0 Å². The number of ketones is 1. The zero-order chi connectivity index (χ0) is 14.2. The maximum absolute atomic E-state index is 12.6. The van der Waals surface area contributed by atoms with Crippen LogP contribution in [0.25, 0.3) is 0 Å². The molecular weight excluding hydrogens is 240 g/mol. The van der Waals surface area contributed by atoms with Gasteiger partial charge in [-0.15, -0.1) is 0 Å². The summed E-state index contributed by atoms with van der Waals surface area (Å²) in [5.74, 6) is 2.21. The summed E-state index contributed by atoms with van der Waals surface area (Å²) < 4.78 is 10.7. The molecule has 2 rings (SSSR count). The van der Waals surface area contributed by atoms with E-state index >= 15 is 0 Å². The van der Waals surface area contributed by atoms with E-state index in [4.69, 9.17) is 9.15 Å². The Morgan fingerprint density at radius 2 is 1.68 bits per heavy atom. The first-order valence-corrected chi connectivity index (χ1v) is 6.21. The number of benzene rings is 1. The molecule has 1 heterocycles. The van der Waals surface area contributed by atoms with Gasteiger partial charge >= 0.3 is 0 Å². The Hall–Kier alpha value is -2.03. The molecule has 0 saturated heterocycles. The molecule has 2 aromatic rings. The lowest BCUT2D eigenvalue weighted by molar-refractivity contribution is 0.103. The quantitative estimate of drug-likeness (QED) is 0.787. The van der Waals surface area contributed by atoms with Crippen LogP contribution in [0.4, 0.5) is 0 Å². The molecule has 0 aliphatic heterocycles. The van der Waals surface area contributed by atoms with Crippen molar-refractivity contribution in [3.63, 3.8) is 0 Å². The van der Waals surface area contributed by atoms with Gasteiger partial charge in [-0.1, -0.05) is 0 Å². The molecule has 0 unspecified atom stereocenters. The number of carbonyl (C=O) groups excluding carboxylic acids is 1. The van der Waals surface area contributed by atoms with Crippen molar-refractivity contribution >= 4 is 5.78 Å². The van der Waals surface area contributed by atoms with Crippen LogP contribution >= 0.6 is 0 Å². The average Bonchev–Trinajstić information content (AvgIpc) is 2.70. The third kappa shape index (κ3) is 2.41. The number of hydrogen-bond acceptors (Lipinski definition) is 3. The number of carbonyl (C=O) groups is 1. The molecule has 19 heavy (non-hydrogen) atoms. The number of aryl methyl sites for hydroxylation is 4. The largest absolute Gasteiger partial charge is 0.496 e. The fourth-order valence-corrected chi connectivity index (χ4v) is 2.26. The molecule has 0 spiro atoms. The first-order chi connectivity index (χ1) is 8.93. The molecule has 0 aliphatic rings. The highest BCUT2D eigenvalue weighted by atomic mass is 16.5. The summed E-state index contributed by atoms with van der Waals surface area (Å²) in [6.45, 7) is 7.50. The lowest BCUT2D eigenvalue weighted by atomic mass is 9.97. The van der Waals surface area contributed by atoms with Crippen molar-refractivity contribution in [3.05, 3.63) is 52.0 Å². The predicted molar refractivity (Wildman–Crippen MR) is 74.1 cm³/mol. The summed E-state index contributed by atoms with van der Waals surface area (Å²) in [6, 6.07) is 5.56. The Morgan fingerprint density at radius 3 is 2.21 bits per heavy atom. The molecule has 1 aromatic heterocycles. The number of furan rings is 1. The van der Waals surface area contributed by atoms with E-state index in [1.807, 2.05) is 39.8 Å². The summed E-state index contributed by atoms with van der Waals surface area (Å²) in [4.78, 5) is 12.6. The minimum absolute atomic E-state index is 0.00222. The van der Waals surface area contributed by atoms with Crippen LogP contribution in [-0.4, -0.2) is 12.9 Å². The predicted octanol–water partition coefficient (Wildman–Crippen LogP) is 3.75. The summed E-state index contributed by atoms with van der Waals surface area (Å²) in [6.07, 6.45) is 0. The molecule has 0 fully saturated rings. The van der Waals surface area contributed by atoms with Gasteiger partial charge in [-0.05, 0) is 57.0 Å². The Kier molecular flexibility index (Phi) is 3.47. The second-order valence-electron chi connectivity index (χ2n) is 4.79. The monoisotopic (exact) mass is 258 g/mol. The first kappa shape index (κ1) is 13.4. The molecule has 3 nitrogen and oxygen atoms in total. The van der Waals surface area contributed by atoms with Crippen molar-refractivity contribution in [2.75, 3.05) is 7.11 Å². The average molecular weight is 258 g/mol. The molecule has 0 atom stereocenters. The van der Waals surface area contributed by atoms with Crippen molar-refractivity contribution in [1.82, 2.24) is 0 Å². The van der Waals surface area contributed by atoms with Crippen LogP contribution in [-0.2, 0) is 0 Å². The van der Waals surface area contributed by atoms with Crippen LogP contribution in [0, 0.1) is 27.7 Å². The molecule has 0 radical (unpaired) electrons. The number of methoxy groups -OCH3 is 1. The van der Waals surface area contributed by atoms with Crippen LogP contribution in [0.15, 0.2) is 22.6 Å². The molecular formula is C16H18O3. The van der Waals surface area contributed by atoms with Crippen molar-refractivity contribution in [1.29, 1.82) is 0 Å². The highest BCUT2D eigenvalue weighted by molar-refractivity contribution is 6.10. The molecule has 0 amide bonds. The van der Waals surface area contributed by atoms with Gasteiger partial charge in [0.15, 0.2) is 5.78 Å². The van der Waals surface area contributed by atoms with Gasteiger partial charge in [-0.2, -0.15) is 0 Å². The van der Waals surface area contributed by atoms with E-state index in [0.29, 0.717) is 16.9 Å². The Labute approximate surface area is 113 Å². The van der Waals surface area contributed by atoms with Gasteiger partial charge in [-0.25, -0.2) is 0 Å². The normalized spacial score (nSPS) is 10.6. The Morgan fingerprint density at radius 1 is 1.00 bits per heavy atom. The lowest BCUT2D eigenvalue weighted by Gasteiger charge is -2.10. The van der Waals surface area contributed by atoms with Crippen LogP contribution in [0.3, 0.4) is 0 Å². The Bertz CT molecular complexity index is 636. The van der Waals surface area contributed by atoms with Gasteiger partial charge in [0.1, 0.15) is 17.3 Å². The maximum atomic E-state index is 12.6. The first-order valence-electron chi connectivity index (χ1n) is 6.21. The summed E-state index contributed by atoms with van der Waals surface area (Å²) in [5.41, 5.74) is 3.19. The van der Waals surface area contributed by atoms with Crippen LogP contribution in [0.5, 0.6) is 5.75 Å². The van der Waals surface area contributed by atoms with E-state index in [1.54, 1.807) is 13.2 Å². The highest BCUT2D eigenvalue weighted by Crippen LogP contribution is 2.26. The van der Waals surface area contributed by atoms with Gasteiger partial charge in [0.2, 0.25) is 0 Å². The zero-order valence-electron chi connectivity index (χ0n) is 12.0. The molecule has 0 saturated carbocycles. The van der Waals surface area contributed by atoms with E-state index in [1.165, 1.54) is 0 Å². The van der Waals surface area contributed by atoms with Crippen molar-refractivity contribution in [2.45, 2.75) is 27.7 Å². The molecule has 0 aliphatic carbocycles. The zero-order valence-corrected chi connectivity index (χ0v) is 12.0. The van der Waals surface area contributed by atoms with Gasteiger partial charge < -0.3 is 9.15 Å². The van der Waals surface area contributed by atoms with Gasteiger partial charge in [0.25, 0.3) is 0 Å². The molecule has 100 valence electrons. The molecule has 3 heteroatoms. The Balaban J connectivity index is 2.50. The van der Waals surface area contributed by atoms with Crippen molar-refractivity contribution in [2.24, 2.45) is 0 Å². The number of rotatable bonds is 3.